The van der Waals surface area contributed by atoms with Gasteiger partial charge in [-0.2, -0.15) is 20.5 Å². The van der Waals surface area contributed by atoms with E-state index in [1.807, 2.05) is 101 Å². The molecule has 8 heteroatoms. The largest absolute Gasteiger partial charge is 0.378 e. The summed E-state index contributed by atoms with van der Waals surface area (Å²) in [5.41, 5.74) is 5.59. The second-order valence-corrected chi connectivity index (χ2v) is 10.7. The van der Waals surface area contributed by atoms with E-state index in [1.165, 1.54) is 0 Å². The fraction of sp³-hybridized carbons (Fsp3) is 0.143. The van der Waals surface area contributed by atoms with Gasteiger partial charge in [0.15, 0.2) is 0 Å². The smallest absolute Gasteiger partial charge is 0.0858 e. The standard InChI is InChI=1S/C28H28N6S2/c1-33(2)25-13-5-21(6-14-25)29-31-23-9-17-27(18-10-23)35-36-28-19-11-24(12-20-28)32-30-22-7-15-26(16-8-22)34(3)4/h5-20H,1-4H3. The van der Waals surface area contributed by atoms with Crippen LogP contribution in [-0.4, -0.2) is 28.2 Å². The number of nitrogens with zero attached hydrogens (tertiary/aromatic N) is 6. The Bertz CT molecular complexity index is 1190. The van der Waals surface area contributed by atoms with Gasteiger partial charge in [-0.25, -0.2) is 0 Å². The molecule has 0 heterocycles. The van der Waals surface area contributed by atoms with Crippen molar-refractivity contribution in [3.05, 3.63) is 97.1 Å². The van der Waals surface area contributed by atoms with Crippen molar-refractivity contribution in [2.75, 3.05) is 38.0 Å². The quantitative estimate of drug-likeness (QED) is 0.165. The van der Waals surface area contributed by atoms with E-state index in [1.54, 1.807) is 21.6 Å². The topological polar surface area (TPSA) is 55.9 Å². The molecular weight excluding hydrogens is 484 g/mol. The summed E-state index contributed by atoms with van der Waals surface area (Å²) in [6.45, 7) is 0. The van der Waals surface area contributed by atoms with Gasteiger partial charge < -0.3 is 9.80 Å². The summed E-state index contributed by atoms with van der Waals surface area (Å²) in [7, 11) is 11.5. The number of rotatable bonds is 9. The molecular formula is C28H28N6S2. The molecule has 0 fully saturated rings. The number of hydrogen-bond acceptors (Lipinski definition) is 8. The van der Waals surface area contributed by atoms with E-state index in [9.17, 15) is 0 Å². The summed E-state index contributed by atoms with van der Waals surface area (Å²) >= 11 is 0. The zero-order chi connectivity index (χ0) is 25.3. The van der Waals surface area contributed by atoms with Crippen LogP contribution in [0.1, 0.15) is 0 Å². The Morgan fingerprint density at radius 3 is 0.889 bits per heavy atom. The molecule has 4 rings (SSSR count). The SMILES string of the molecule is CN(C)c1ccc(N=Nc2ccc(SSc3ccc(N=Nc4ccc(N(C)C)cc4)cc3)cc2)cc1. The Morgan fingerprint density at radius 1 is 0.389 bits per heavy atom. The molecule has 0 atom stereocenters. The second kappa shape index (κ2) is 12.4. The fourth-order valence-electron chi connectivity index (χ4n) is 3.10. The van der Waals surface area contributed by atoms with E-state index in [-0.39, 0.29) is 0 Å². The van der Waals surface area contributed by atoms with Crippen molar-refractivity contribution in [1.82, 2.24) is 0 Å². The molecule has 0 aromatic heterocycles. The first-order chi connectivity index (χ1) is 17.5. The lowest BCUT2D eigenvalue weighted by Crippen LogP contribution is -2.07. The summed E-state index contributed by atoms with van der Waals surface area (Å²) in [4.78, 5) is 6.42. The van der Waals surface area contributed by atoms with Gasteiger partial charge in [0.1, 0.15) is 0 Å². The fourth-order valence-corrected chi connectivity index (χ4v) is 5.03. The molecule has 0 unspecified atom stereocenters. The molecule has 0 aliphatic rings. The van der Waals surface area contributed by atoms with Gasteiger partial charge in [-0.3, -0.25) is 0 Å². The van der Waals surface area contributed by atoms with Crippen molar-refractivity contribution in [2.45, 2.75) is 9.79 Å². The van der Waals surface area contributed by atoms with Crippen LogP contribution in [0, 0.1) is 0 Å². The van der Waals surface area contributed by atoms with Gasteiger partial charge in [0, 0.05) is 49.4 Å². The van der Waals surface area contributed by atoms with Crippen molar-refractivity contribution in [3.8, 4) is 0 Å². The lowest BCUT2D eigenvalue weighted by Gasteiger charge is -2.11. The first kappa shape index (κ1) is 25.5. The monoisotopic (exact) mass is 512 g/mol. The Balaban J connectivity index is 1.27. The summed E-state index contributed by atoms with van der Waals surface area (Å²) in [5.74, 6) is 0. The molecule has 36 heavy (non-hydrogen) atoms. The number of hydrogen-bond donors (Lipinski definition) is 0. The maximum Gasteiger partial charge on any atom is 0.0858 e. The molecule has 182 valence electrons. The Morgan fingerprint density at radius 2 is 0.639 bits per heavy atom. The van der Waals surface area contributed by atoms with Gasteiger partial charge in [-0.05, 0) is 97.1 Å². The van der Waals surface area contributed by atoms with E-state index in [0.717, 1.165) is 43.9 Å². The van der Waals surface area contributed by atoms with Crippen LogP contribution in [0.4, 0.5) is 34.1 Å². The van der Waals surface area contributed by atoms with Crippen LogP contribution < -0.4 is 9.80 Å². The highest BCUT2D eigenvalue weighted by molar-refractivity contribution is 8.76. The van der Waals surface area contributed by atoms with Crippen LogP contribution in [-0.2, 0) is 0 Å². The molecule has 6 nitrogen and oxygen atoms in total. The second-order valence-electron chi connectivity index (χ2n) is 8.38. The van der Waals surface area contributed by atoms with Crippen LogP contribution >= 0.6 is 21.6 Å². The Labute approximate surface area is 220 Å². The molecule has 4 aromatic rings. The average Bonchev–Trinajstić information content (AvgIpc) is 2.91. The van der Waals surface area contributed by atoms with Crippen molar-refractivity contribution in [3.63, 3.8) is 0 Å². The summed E-state index contributed by atoms with van der Waals surface area (Å²) in [6.07, 6.45) is 0. The van der Waals surface area contributed by atoms with Gasteiger partial charge in [-0.15, -0.1) is 0 Å². The highest BCUT2D eigenvalue weighted by Gasteiger charge is 2.01. The van der Waals surface area contributed by atoms with Crippen molar-refractivity contribution >= 4 is 55.7 Å². The normalized spacial score (nSPS) is 11.3. The maximum atomic E-state index is 4.35. The third kappa shape index (κ3) is 7.44. The van der Waals surface area contributed by atoms with Crippen molar-refractivity contribution < 1.29 is 0 Å². The average molecular weight is 513 g/mol. The zero-order valence-electron chi connectivity index (χ0n) is 20.7. The minimum atomic E-state index is 0.826. The molecule has 0 radical (unpaired) electrons. The van der Waals surface area contributed by atoms with E-state index < -0.39 is 0 Å². The van der Waals surface area contributed by atoms with Crippen LogP contribution in [0.25, 0.3) is 0 Å². The molecule has 0 N–H and O–H groups in total. The van der Waals surface area contributed by atoms with Crippen LogP contribution in [0.3, 0.4) is 0 Å². The van der Waals surface area contributed by atoms with Crippen LogP contribution in [0.5, 0.6) is 0 Å². The predicted molar refractivity (Wildman–Crippen MR) is 154 cm³/mol. The number of azo groups is 2. The highest BCUT2D eigenvalue weighted by atomic mass is 33.1. The van der Waals surface area contributed by atoms with E-state index in [2.05, 4.69) is 54.5 Å². The molecule has 0 amide bonds. The number of anilines is 2. The summed E-state index contributed by atoms with van der Waals surface area (Å²) in [6, 6.07) is 32.2. The predicted octanol–water partition coefficient (Wildman–Crippen LogP) is 9.45. The molecule has 4 aromatic carbocycles. The Hall–Kier alpha value is -3.62. The van der Waals surface area contributed by atoms with Crippen LogP contribution in [0.2, 0.25) is 0 Å². The molecule has 0 aliphatic carbocycles. The van der Waals surface area contributed by atoms with Gasteiger partial charge in [-0.1, -0.05) is 21.6 Å². The first-order valence-corrected chi connectivity index (χ1v) is 13.5. The molecule has 0 spiro atoms. The first-order valence-electron chi connectivity index (χ1n) is 11.4. The van der Waals surface area contributed by atoms with E-state index in [0.29, 0.717) is 0 Å². The third-order valence-electron chi connectivity index (χ3n) is 5.20. The minimum absolute atomic E-state index is 0.826. The van der Waals surface area contributed by atoms with Crippen LogP contribution in [0.15, 0.2) is 127 Å². The Kier molecular flexibility index (Phi) is 8.76. The lowest BCUT2D eigenvalue weighted by atomic mass is 10.3. The van der Waals surface area contributed by atoms with Gasteiger partial charge in [0.25, 0.3) is 0 Å². The summed E-state index contributed by atoms with van der Waals surface area (Å²) in [5, 5.41) is 17.3. The molecule has 0 aliphatic heterocycles. The van der Waals surface area contributed by atoms with E-state index >= 15 is 0 Å². The highest BCUT2D eigenvalue weighted by Crippen LogP contribution is 2.38. The minimum Gasteiger partial charge on any atom is -0.378 e. The number of benzene rings is 4. The van der Waals surface area contributed by atoms with Crippen molar-refractivity contribution in [2.24, 2.45) is 20.5 Å². The van der Waals surface area contributed by atoms with Crippen molar-refractivity contribution in [1.29, 1.82) is 0 Å². The lowest BCUT2D eigenvalue weighted by molar-refractivity contribution is 1.13. The molecule has 0 saturated heterocycles. The third-order valence-corrected chi connectivity index (χ3v) is 7.62. The van der Waals surface area contributed by atoms with Gasteiger partial charge in [0.05, 0.1) is 22.7 Å². The molecule has 0 bridgehead atoms. The summed E-state index contributed by atoms with van der Waals surface area (Å²) < 4.78 is 0. The van der Waals surface area contributed by atoms with Gasteiger partial charge >= 0.3 is 0 Å². The van der Waals surface area contributed by atoms with Gasteiger partial charge in [0.2, 0.25) is 0 Å². The maximum absolute atomic E-state index is 4.35. The van der Waals surface area contributed by atoms with E-state index in [4.69, 9.17) is 0 Å². The zero-order valence-corrected chi connectivity index (χ0v) is 22.4. The molecule has 0 saturated carbocycles.